The minimum atomic E-state index is -0.349. The number of carbonyl (C=O) groups is 2. The molecule has 7 heteroatoms. The third-order valence-corrected chi connectivity index (χ3v) is 4.81. The van der Waals surface area contributed by atoms with Crippen molar-refractivity contribution >= 4 is 23.1 Å². The number of benzene rings is 2. The quantitative estimate of drug-likeness (QED) is 0.537. The van der Waals surface area contributed by atoms with Gasteiger partial charge in [0.15, 0.2) is 5.65 Å². The maximum absolute atomic E-state index is 12.9. The van der Waals surface area contributed by atoms with Crippen molar-refractivity contribution in [3.63, 3.8) is 0 Å². The number of aromatic nitrogens is 3. The van der Waals surface area contributed by atoms with Crippen molar-refractivity contribution in [3.8, 4) is 0 Å². The Labute approximate surface area is 173 Å². The van der Waals surface area contributed by atoms with Crippen molar-refractivity contribution in [2.45, 2.75) is 20.4 Å². The van der Waals surface area contributed by atoms with Gasteiger partial charge in [-0.1, -0.05) is 42.5 Å². The molecule has 0 spiro atoms. The Morgan fingerprint density at radius 3 is 2.47 bits per heavy atom. The van der Waals surface area contributed by atoms with E-state index in [4.69, 9.17) is 0 Å². The highest BCUT2D eigenvalue weighted by atomic mass is 16.2. The van der Waals surface area contributed by atoms with Gasteiger partial charge in [0, 0.05) is 18.8 Å². The fourth-order valence-corrected chi connectivity index (χ4v) is 3.24. The Hall–Kier alpha value is -4.00. The fraction of sp³-hybridized carbons (Fsp3) is 0.130. The Morgan fingerprint density at radius 2 is 1.67 bits per heavy atom. The maximum Gasteiger partial charge on any atom is 0.259 e. The van der Waals surface area contributed by atoms with Gasteiger partial charge in [0.05, 0.1) is 28.2 Å². The van der Waals surface area contributed by atoms with Crippen LogP contribution in [0.1, 0.15) is 37.7 Å². The standard InChI is InChI=1S/C23H21N5O2/c1-15-12-21-24-14-19(16(2)28(21)27-15)23(30)26-20-11-7-6-10-18(20)22(29)25-13-17-8-4-3-5-9-17/h3-12,14H,13H2,1-2H3,(H,25,29)(H,26,30). The predicted molar refractivity (Wildman–Crippen MR) is 114 cm³/mol. The second-order valence-corrected chi connectivity index (χ2v) is 6.98. The van der Waals surface area contributed by atoms with Crippen LogP contribution in [0.2, 0.25) is 0 Å². The highest BCUT2D eigenvalue weighted by Crippen LogP contribution is 2.18. The number of fused-ring (bicyclic) bond motifs is 1. The second-order valence-electron chi connectivity index (χ2n) is 6.98. The van der Waals surface area contributed by atoms with Crippen molar-refractivity contribution in [1.29, 1.82) is 0 Å². The third-order valence-electron chi connectivity index (χ3n) is 4.81. The SMILES string of the molecule is Cc1cc2ncc(C(=O)Nc3ccccc3C(=O)NCc3ccccc3)c(C)n2n1. The molecule has 0 aliphatic heterocycles. The van der Waals surface area contributed by atoms with Crippen molar-refractivity contribution in [3.05, 3.63) is 94.9 Å². The van der Waals surface area contributed by atoms with Crippen molar-refractivity contribution in [2.24, 2.45) is 0 Å². The van der Waals surface area contributed by atoms with Crippen LogP contribution in [0.25, 0.3) is 5.65 Å². The van der Waals surface area contributed by atoms with E-state index in [2.05, 4.69) is 20.7 Å². The summed E-state index contributed by atoms with van der Waals surface area (Å²) in [6.45, 7) is 4.09. The zero-order valence-corrected chi connectivity index (χ0v) is 16.7. The number of amides is 2. The van der Waals surface area contributed by atoms with Gasteiger partial charge in [-0.25, -0.2) is 9.50 Å². The van der Waals surface area contributed by atoms with E-state index in [0.29, 0.717) is 34.7 Å². The number of anilines is 1. The smallest absolute Gasteiger partial charge is 0.259 e. The van der Waals surface area contributed by atoms with E-state index in [9.17, 15) is 9.59 Å². The Morgan fingerprint density at radius 1 is 0.933 bits per heavy atom. The van der Waals surface area contributed by atoms with Gasteiger partial charge in [0.2, 0.25) is 0 Å². The van der Waals surface area contributed by atoms with E-state index in [1.165, 1.54) is 6.20 Å². The van der Waals surface area contributed by atoms with E-state index < -0.39 is 0 Å². The van der Waals surface area contributed by atoms with Gasteiger partial charge in [-0.05, 0) is 31.5 Å². The molecule has 150 valence electrons. The number of rotatable bonds is 5. The number of aryl methyl sites for hydroxylation is 2. The molecule has 2 N–H and O–H groups in total. The first-order valence-electron chi connectivity index (χ1n) is 9.57. The van der Waals surface area contributed by atoms with E-state index in [1.807, 2.05) is 50.2 Å². The maximum atomic E-state index is 12.9. The number of carbonyl (C=O) groups excluding carboxylic acids is 2. The normalized spacial score (nSPS) is 10.7. The van der Waals surface area contributed by atoms with Crippen LogP contribution in [0.5, 0.6) is 0 Å². The molecule has 2 aromatic carbocycles. The lowest BCUT2D eigenvalue weighted by Gasteiger charge is -2.13. The van der Waals surface area contributed by atoms with Gasteiger partial charge in [0.1, 0.15) is 0 Å². The highest BCUT2D eigenvalue weighted by Gasteiger charge is 2.17. The van der Waals surface area contributed by atoms with Crippen LogP contribution in [-0.2, 0) is 6.54 Å². The van der Waals surface area contributed by atoms with Crippen LogP contribution in [0.4, 0.5) is 5.69 Å². The molecule has 0 bridgehead atoms. The molecular weight excluding hydrogens is 378 g/mol. The Balaban J connectivity index is 1.54. The molecule has 0 aliphatic carbocycles. The van der Waals surface area contributed by atoms with Gasteiger partial charge in [-0.2, -0.15) is 5.10 Å². The summed E-state index contributed by atoms with van der Waals surface area (Å²) < 4.78 is 1.64. The summed E-state index contributed by atoms with van der Waals surface area (Å²) in [5.41, 5.74) is 4.40. The zero-order chi connectivity index (χ0) is 21.1. The van der Waals surface area contributed by atoms with Gasteiger partial charge < -0.3 is 10.6 Å². The summed E-state index contributed by atoms with van der Waals surface area (Å²) in [7, 11) is 0. The Kier molecular flexibility index (Phi) is 5.26. The molecule has 7 nitrogen and oxygen atoms in total. The topological polar surface area (TPSA) is 88.4 Å². The summed E-state index contributed by atoms with van der Waals surface area (Å²) in [5, 5.41) is 10.1. The van der Waals surface area contributed by atoms with E-state index in [0.717, 1.165) is 11.3 Å². The molecule has 4 aromatic rings. The van der Waals surface area contributed by atoms with Gasteiger partial charge in [0.25, 0.3) is 11.8 Å². The molecular formula is C23H21N5O2. The molecule has 0 aliphatic rings. The molecule has 2 amide bonds. The molecule has 2 aromatic heterocycles. The van der Waals surface area contributed by atoms with Crippen LogP contribution >= 0.6 is 0 Å². The third kappa shape index (κ3) is 3.91. The summed E-state index contributed by atoms with van der Waals surface area (Å²) in [5.74, 6) is -0.610. The molecule has 0 radical (unpaired) electrons. The predicted octanol–water partition coefficient (Wildman–Crippen LogP) is 3.53. The first-order chi connectivity index (χ1) is 14.5. The summed E-state index contributed by atoms with van der Waals surface area (Å²) >= 11 is 0. The van der Waals surface area contributed by atoms with E-state index in [-0.39, 0.29) is 11.8 Å². The summed E-state index contributed by atoms with van der Waals surface area (Å²) in [6.07, 6.45) is 1.53. The van der Waals surface area contributed by atoms with Crippen molar-refractivity contribution < 1.29 is 9.59 Å². The monoisotopic (exact) mass is 399 g/mol. The Bertz CT molecular complexity index is 1230. The number of hydrogen-bond acceptors (Lipinski definition) is 4. The van der Waals surface area contributed by atoms with Crippen molar-refractivity contribution in [2.75, 3.05) is 5.32 Å². The van der Waals surface area contributed by atoms with Crippen LogP contribution in [0, 0.1) is 13.8 Å². The first-order valence-corrected chi connectivity index (χ1v) is 9.57. The summed E-state index contributed by atoms with van der Waals surface area (Å²) in [4.78, 5) is 29.9. The average Bonchev–Trinajstić information content (AvgIpc) is 3.14. The van der Waals surface area contributed by atoms with Gasteiger partial charge in [-0.15, -0.1) is 0 Å². The lowest BCUT2D eigenvalue weighted by molar-refractivity contribution is 0.0952. The molecule has 0 fully saturated rings. The van der Waals surface area contributed by atoms with Crippen LogP contribution < -0.4 is 10.6 Å². The molecule has 2 heterocycles. The van der Waals surface area contributed by atoms with Gasteiger partial charge in [-0.3, -0.25) is 9.59 Å². The lowest BCUT2D eigenvalue weighted by Crippen LogP contribution is -2.25. The van der Waals surface area contributed by atoms with Crippen LogP contribution in [-0.4, -0.2) is 26.4 Å². The van der Waals surface area contributed by atoms with E-state index >= 15 is 0 Å². The number of para-hydroxylation sites is 1. The molecule has 0 saturated heterocycles. The van der Waals surface area contributed by atoms with Crippen LogP contribution in [0.15, 0.2) is 66.9 Å². The van der Waals surface area contributed by atoms with Gasteiger partial charge >= 0.3 is 0 Å². The summed E-state index contributed by atoms with van der Waals surface area (Å²) in [6, 6.07) is 18.4. The lowest BCUT2D eigenvalue weighted by atomic mass is 10.1. The zero-order valence-electron chi connectivity index (χ0n) is 16.7. The van der Waals surface area contributed by atoms with E-state index in [1.54, 1.807) is 28.8 Å². The molecule has 30 heavy (non-hydrogen) atoms. The molecule has 0 atom stereocenters. The number of nitrogens with one attached hydrogen (secondary N) is 2. The first kappa shape index (κ1) is 19.3. The van der Waals surface area contributed by atoms with Crippen molar-refractivity contribution in [1.82, 2.24) is 19.9 Å². The molecule has 0 saturated carbocycles. The fourth-order valence-electron chi connectivity index (χ4n) is 3.24. The van der Waals surface area contributed by atoms with Crippen LogP contribution in [0.3, 0.4) is 0 Å². The minimum absolute atomic E-state index is 0.261. The highest BCUT2D eigenvalue weighted by molar-refractivity contribution is 6.09. The average molecular weight is 399 g/mol. The number of hydrogen-bond donors (Lipinski definition) is 2. The number of nitrogens with zero attached hydrogens (tertiary/aromatic N) is 3. The second kappa shape index (κ2) is 8.16. The minimum Gasteiger partial charge on any atom is -0.348 e. The largest absolute Gasteiger partial charge is 0.348 e. The molecule has 4 rings (SSSR count). The molecule has 0 unspecified atom stereocenters.